The van der Waals surface area contributed by atoms with Crippen LogP contribution in [-0.2, 0) is 6.42 Å². The lowest BCUT2D eigenvalue weighted by Crippen LogP contribution is -2.12. The first-order valence-electron chi connectivity index (χ1n) is 5.54. The second kappa shape index (κ2) is 4.00. The first-order chi connectivity index (χ1) is 8.79. The number of aromatic amines is 1. The number of H-pyrrole nitrogens is 1. The second-order valence-corrected chi connectivity index (χ2v) is 3.96. The number of rotatable bonds is 0. The normalized spacial score (nSPS) is 12.6. The van der Waals surface area contributed by atoms with Crippen LogP contribution in [0.3, 0.4) is 0 Å². The zero-order valence-electron chi connectivity index (χ0n) is 9.43. The highest BCUT2D eigenvalue weighted by molar-refractivity contribution is 5.72. The van der Waals surface area contributed by atoms with Crippen LogP contribution in [-0.4, -0.2) is 16.6 Å². The number of fused-ring (bicyclic) bond motifs is 3. The monoisotopic (exact) mass is 239 g/mol. The molecule has 1 N–H and O–H groups in total. The average Bonchev–Trinajstić information content (AvgIpc) is 2.56. The first kappa shape index (κ1) is 10.5. The SMILES string of the molecule is N#Cc1cc2c([nH]c1=O)OCCc1ncccc1-2. The maximum absolute atomic E-state index is 11.6. The molecule has 1 aliphatic rings. The Balaban J connectivity index is 2.33. The third kappa shape index (κ3) is 1.55. The standard InChI is InChI=1S/C13H9N3O2/c14-7-8-6-10-9-2-1-4-15-11(9)3-5-18-13(10)16-12(8)17/h1-2,4,6H,3,5H2,(H,16,17). The van der Waals surface area contributed by atoms with Crippen molar-refractivity contribution >= 4 is 0 Å². The molecule has 0 radical (unpaired) electrons. The lowest BCUT2D eigenvalue weighted by molar-refractivity contribution is 0.312. The van der Waals surface area contributed by atoms with Crippen molar-refractivity contribution in [3.8, 4) is 23.1 Å². The Hall–Kier alpha value is -2.61. The predicted octanol–water partition coefficient (Wildman–Crippen LogP) is 1.24. The van der Waals surface area contributed by atoms with Crippen molar-refractivity contribution in [2.75, 3.05) is 6.61 Å². The zero-order valence-corrected chi connectivity index (χ0v) is 9.43. The van der Waals surface area contributed by atoms with Gasteiger partial charge in [-0.2, -0.15) is 5.26 Å². The Kier molecular flexibility index (Phi) is 2.34. The second-order valence-electron chi connectivity index (χ2n) is 3.96. The molecule has 1 aliphatic heterocycles. The van der Waals surface area contributed by atoms with Crippen molar-refractivity contribution in [1.82, 2.24) is 9.97 Å². The van der Waals surface area contributed by atoms with Crippen LogP contribution >= 0.6 is 0 Å². The molecule has 3 heterocycles. The molecule has 0 saturated carbocycles. The molecular weight excluding hydrogens is 230 g/mol. The van der Waals surface area contributed by atoms with Crippen molar-refractivity contribution in [3.63, 3.8) is 0 Å². The lowest BCUT2D eigenvalue weighted by Gasteiger charge is -2.07. The van der Waals surface area contributed by atoms with Crippen LogP contribution < -0.4 is 10.3 Å². The van der Waals surface area contributed by atoms with Gasteiger partial charge in [-0.1, -0.05) is 6.07 Å². The van der Waals surface area contributed by atoms with Crippen molar-refractivity contribution in [2.45, 2.75) is 6.42 Å². The minimum atomic E-state index is -0.427. The summed E-state index contributed by atoms with van der Waals surface area (Å²) in [6, 6.07) is 7.17. The summed E-state index contributed by atoms with van der Waals surface area (Å²) in [5, 5.41) is 8.91. The molecule has 0 atom stereocenters. The molecule has 88 valence electrons. The van der Waals surface area contributed by atoms with Crippen molar-refractivity contribution < 1.29 is 4.74 Å². The van der Waals surface area contributed by atoms with Gasteiger partial charge in [0.05, 0.1) is 12.3 Å². The molecule has 0 fully saturated rings. The highest BCUT2D eigenvalue weighted by Crippen LogP contribution is 2.32. The number of hydrogen-bond acceptors (Lipinski definition) is 4. The largest absolute Gasteiger partial charge is 0.478 e. The van der Waals surface area contributed by atoms with E-state index in [1.165, 1.54) is 0 Å². The molecule has 0 aromatic carbocycles. The summed E-state index contributed by atoms with van der Waals surface area (Å²) in [5.74, 6) is 0.408. The molecule has 0 unspecified atom stereocenters. The van der Waals surface area contributed by atoms with E-state index in [1.807, 2.05) is 18.2 Å². The van der Waals surface area contributed by atoms with Crippen LogP contribution in [0.1, 0.15) is 11.3 Å². The average molecular weight is 239 g/mol. The third-order valence-electron chi connectivity index (χ3n) is 2.89. The van der Waals surface area contributed by atoms with Gasteiger partial charge >= 0.3 is 0 Å². The molecule has 18 heavy (non-hydrogen) atoms. The fourth-order valence-electron chi connectivity index (χ4n) is 2.04. The summed E-state index contributed by atoms with van der Waals surface area (Å²) in [6.07, 6.45) is 2.40. The topological polar surface area (TPSA) is 78.8 Å². The number of pyridine rings is 2. The minimum absolute atomic E-state index is 0.0778. The Morgan fingerprint density at radius 3 is 3.17 bits per heavy atom. The van der Waals surface area contributed by atoms with Crippen molar-refractivity contribution in [2.24, 2.45) is 0 Å². The molecule has 5 nitrogen and oxygen atoms in total. The number of nitrogens with zero attached hydrogens (tertiary/aromatic N) is 2. The van der Waals surface area contributed by atoms with E-state index in [9.17, 15) is 4.79 Å². The Bertz CT molecular complexity index is 713. The summed E-state index contributed by atoms with van der Waals surface area (Å²) < 4.78 is 5.51. The van der Waals surface area contributed by atoms with Gasteiger partial charge in [0.25, 0.3) is 5.56 Å². The van der Waals surface area contributed by atoms with Gasteiger partial charge in [-0.05, 0) is 12.1 Å². The van der Waals surface area contributed by atoms with E-state index >= 15 is 0 Å². The van der Waals surface area contributed by atoms with E-state index in [1.54, 1.807) is 12.3 Å². The Morgan fingerprint density at radius 2 is 2.33 bits per heavy atom. The van der Waals surface area contributed by atoms with E-state index in [0.717, 1.165) is 11.3 Å². The molecule has 0 saturated heterocycles. The zero-order chi connectivity index (χ0) is 12.5. The Morgan fingerprint density at radius 1 is 1.44 bits per heavy atom. The van der Waals surface area contributed by atoms with Crippen LogP contribution in [0, 0.1) is 11.3 Å². The van der Waals surface area contributed by atoms with E-state index in [0.29, 0.717) is 24.5 Å². The van der Waals surface area contributed by atoms with Gasteiger partial charge in [0.2, 0.25) is 5.88 Å². The van der Waals surface area contributed by atoms with Gasteiger partial charge in [-0.3, -0.25) is 14.8 Å². The molecular formula is C13H9N3O2. The maximum atomic E-state index is 11.6. The maximum Gasteiger partial charge on any atom is 0.268 e. The number of nitrogens with one attached hydrogen (secondary N) is 1. The lowest BCUT2D eigenvalue weighted by atomic mass is 10.0. The van der Waals surface area contributed by atoms with Gasteiger partial charge in [0.15, 0.2) is 0 Å². The molecule has 2 aromatic heterocycles. The summed E-state index contributed by atoms with van der Waals surface area (Å²) in [6.45, 7) is 0.457. The number of aromatic nitrogens is 2. The molecule has 0 amide bonds. The van der Waals surface area contributed by atoms with Crippen LogP contribution in [0.2, 0.25) is 0 Å². The fraction of sp³-hybridized carbons (Fsp3) is 0.154. The van der Waals surface area contributed by atoms with Crippen LogP contribution in [0.25, 0.3) is 11.1 Å². The number of nitriles is 1. The molecule has 0 spiro atoms. The molecule has 0 aliphatic carbocycles. The van der Waals surface area contributed by atoms with Gasteiger partial charge in [-0.15, -0.1) is 0 Å². The number of hydrogen-bond donors (Lipinski definition) is 1. The van der Waals surface area contributed by atoms with E-state index in [4.69, 9.17) is 10.00 Å². The van der Waals surface area contributed by atoms with E-state index < -0.39 is 5.56 Å². The van der Waals surface area contributed by atoms with Gasteiger partial charge < -0.3 is 4.74 Å². The van der Waals surface area contributed by atoms with Crippen molar-refractivity contribution in [3.05, 3.63) is 46.0 Å². The Labute approximate surface area is 103 Å². The highest BCUT2D eigenvalue weighted by Gasteiger charge is 2.18. The molecule has 5 heteroatoms. The van der Waals surface area contributed by atoms with Crippen LogP contribution in [0.15, 0.2) is 29.2 Å². The van der Waals surface area contributed by atoms with E-state index in [-0.39, 0.29) is 5.56 Å². The molecule has 0 bridgehead atoms. The predicted molar refractivity (Wildman–Crippen MR) is 64.2 cm³/mol. The van der Waals surface area contributed by atoms with Gasteiger partial charge in [-0.25, -0.2) is 0 Å². The van der Waals surface area contributed by atoms with E-state index in [2.05, 4.69) is 9.97 Å². The van der Waals surface area contributed by atoms with Crippen LogP contribution in [0.4, 0.5) is 0 Å². The minimum Gasteiger partial charge on any atom is -0.478 e. The summed E-state index contributed by atoms with van der Waals surface area (Å²) >= 11 is 0. The smallest absolute Gasteiger partial charge is 0.268 e. The van der Waals surface area contributed by atoms with Crippen LogP contribution in [0.5, 0.6) is 5.88 Å². The quantitative estimate of drug-likeness (QED) is 0.750. The molecule has 2 aromatic rings. The fourth-order valence-corrected chi connectivity index (χ4v) is 2.04. The number of ether oxygens (including phenoxy) is 1. The summed E-state index contributed by atoms with van der Waals surface area (Å²) in [5.41, 5.74) is 2.18. The summed E-state index contributed by atoms with van der Waals surface area (Å²) in [4.78, 5) is 18.5. The molecule has 3 rings (SSSR count). The van der Waals surface area contributed by atoms with Gasteiger partial charge in [0.1, 0.15) is 11.6 Å². The third-order valence-corrected chi connectivity index (χ3v) is 2.89. The van der Waals surface area contributed by atoms with Gasteiger partial charge in [0, 0.05) is 23.7 Å². The highest BCUT2D eigenvalue weighted by atomic mass is 16.5. The van der Waals surface area contributed by atoms with Crippen molar-refractivity contribution in [1.29, 1.82) is 5.26 Å². The summed E-state index contributed by atoms with van der Waals surface area (Å²) in [7, 11) is 0. The first-order valence-corrected chi connectivity index (χ1v) is 5.54.